The molecule has 0 aromatic carbocycles. The summed E-state index contributed by atoms with van der Waals surface area (Å²) in [7, 11) is 1.35. The summed E-state index contributed by atoms with van der Waals surface area (Å²) < 4.78 is 27.2. The van der Waals surface area contributed by atoms with Gasteiger partial charge in [0.1, 0.15) is 18.8 Å². The van der Waals surface area contributed by atoms with Crippen LogP contribution in [0.5, 0.6) is 0 Å². The van der Waals surface area contributed by atoms with Gasteiger partial charge in [-0.2, -0.15) is 0 Å². The van der Waals surface area contributed by atoms with Crippen LogP contribution >= 0.6 is 0 Å². The van der Waals surface area contributed by atoms with Gasteiger partial charge in [0.05, 0.1) is 5.57 Å². The van der Waals surface area contributed by atoms with Crippen LogP contribution < -0.4 is 5.32 Å². The summed E-state index contributed by atoms with van der Waals surface area (Å²) >= 11 is 0. The van der Waals surface area contributed by atoms with Crippen LogP contribution in [0.15, 0.2) is 11.3 Å². The van der Waals surface area contributed by atoms with Crippen LogP contribution in [0.4, 0.5) is 0 Å². The normalized spacial score (nSPS) is 28.7. The largest absolute Gasteiger partial charge is 0.463 e. The first kappa shape index (κ1) is 27.5. The van der Waals surface area contributed by atoms with Crippen molar-refractivity contribution in [1.29, 1.82) is 0 Å². The molecule has 0 amide bonds. The van der Waals surface area contributed by atoms with Gasteiger partial charge >= 0.3 is 17.9 Å². The number of esters is 3. The molecule has 1 saturated heterocycles. The monoisotopic (exact) mass is 483 g/mol. The highest BCUT2D eigenvalue weighted by Crippen LogP contribution is 2.35. The molecule has 5 atom stereocenters. The van der Waals surface area contributed by atoms with Crippen LogP contribution in [0.2, 0.25) is 0 Å². The van der Waals surface area contributed by atoms with Gasteiger partial charge in [-0.3, -0.25) is 24.0 Å². The summed E-state index contributed by atoms with van der Waals surface area (Å²) in [6, 6.07) is -0.963. The van der Waals surface area contributed by atoms with Crippen LogP contribution in [-0.2, 0) is 47.7 Å². The second-order valence-electron chi connectivity index (χ2n) is 9.26. The summed E-state index contributed by atoms with van der Waals surface area (Å²) in [6.07, 6.45) is -3.99. The molecule has 1 N–H and O–H groups in total. The van der Waals surface area contributed by atoms with E-state index in [0.717, 1.165) is 0 Å². The van der Waals surface area contributed by atoms with Crippen LogP contribution in [-0.4, -0.2) is 73.8 Å². The predicted octanol–water partition coefficient (Wildman–Crippen LogP) is 0.975. The van der Waals surface area contributed by atoms with Gasteiger partial charge in [-0.1, -0.05) is 13.8 Å². The van der Waals surface area contributed by atoms with E-state index in [0.29, 0.717) is 0 Å². The highest BCUT2D eigenvalue weighted by molar-refractivity contribution is 6.22. The summed E-state index contributed by atoms with van der Waals surface area (Å²) in [4.78, 5) is 60.6. The topological polar surface area (TPSA) is 144 Å². The second-order valence-corrected chi connectivity index (χ2v) is 9.26. The molecule has 1 aliphatic heterocycles. The van der Waals surface area contributed by atoms with Gasteiger partial charge in [-0.15, -0.1) is 0 Å². The lowest BCUT2D eigenvalue weighted by molar-refractivity contribution is -0.271. The van der Waals surface area contributed by atoms with E-state index < -0.39 is 54.0 Å². The molecule has 190 valence electrons. The minimum atomic E-state index is -1.17. The summed E-state index contributed by atoms with van der Waals surface area (Å²) in [6.45, 7) is 8.54. The first-order valence-corrected chi connectivity index (χ1v) is 11.0. The third kappa shape index (κ3) is 6.86. The number of methoxy groups -OCH3 is 1. The molecular formula is C23H33NO10. The molecule has 0 aromatic rings. The molecule has 1 heterocycles. The van der Waals surface area contributed by atoms with E-state index in [1.165, 1.54) is 27.9 Å². The van der Waals surface area contributed by atoms with E-state index in [-0.39, 0.29) is 42.3 Å². The number of ketones is 2. The molecule has 2 aliphatic rings. The van der Waals surface area contributed by atoms with Crippen molar-refractivity contribution in [2.24, 2.45) is 5.41 Å². The Bertz CT molecular complexity index is 855. The molecule has 2 fully saturated rings. The SMILES string of the molecule is CO[C@H]1O[C@H](COC(C)=O)[C@@H](OC(C)=O)[C@H](OC(C)=O)[C@@H]1NC(C)=C1C(=O)CC(C)(C)CC1=O. The third-order valence-electron chi connectivity index (χ3n) is 5.53. The Balaban J connectivity index is 2.45. The van der Waals surface area contributed by atoms with E-state index in [4.69, 9.17) is 23.7 Å². The number of ether oxygens (including phenoxy) is 5. The Kier molecular flexibility index (Phi) is 8.96. The average Bonchev–Trinajstić information content (AvgIpc) is 2.67. The number of carbonyl (C=O) groups excluding carboxylic acids is 5. The predicted molar refractivity (Wildman–Crippen MR) is 116 cm³/mol. The summed E-state index contributed by atoms with van der Waals surface area (Å²) in [5.74, 6) is -2.53. The third-order valence-corrected chi connectivity index (χ3v) is 5.53. The Hall–Kier alpha value is -2.79. The lowest BCUT2D eigenvalue weighted by Crippen LogP contribution is -2.65. The number of hydrogen-bond acceptors (Lipinski definition) is 11. The van der Waals surface area contributed by atoms with Crippen LogP contribution in [0.1, 0.15) is 54.4 Å². The van der Waals surface area contributed by atoms with E-state index >= 15 is 0 Å². The average molecular weight is 484 g/mol. The molecule has 34 heavy (non-hydrogen) atoms. The van der Waals surface area contributed by atoms with E-state index in [1.54, 1.807) is 6.92 Å². The maximum Gasteiger partial charge on any atom is 0.303 e. The van der Waals surface area contributed by atoms with Crippen LogP contribution in [0.25, 0.3) is 0 Å². The van der Waals surface area contributed by atoms with Gasteiger partial charge in [0.2, 0.25) is 0 Å². The number of nitrogens with one attached hydrogen (secondary N) is 1. The highest BCUT2D eigenvalue weighted by atomic mass is 16.7. The first-order valence-electron chi connectivity index (χ1n) is 11.0. The molecule has 0 spiro atoms. The maximum absolute atomic E-state index is 12.7. The molecule has 0 radical (unpaired) electrons. The Morgan fingerprint density at radius 1 is 0.941 bits per heavy atom. The fourth-order valence-electron chi connectivity index (χ4n) is 4.26. The van der Waals surface area contributed by atoms with Crippen molar-refractivity contribution < 1.29 is 47.7 Å². The lowest BCUT2D eigenvalue weighted by atomic mass is 9.73. The molecule has 11 nitrogen and oxygen atoms in total. The van der Waals surface area contributed by atoms with Gasteiger partial charge in [0, 0.05) is 46.4 Å². The first-order chi connectivity index (χ1) is 15.8. The van der Waals surface area contributed by atoms with Gasteiger partial charge in [0.15, 0.2) is 30.1 Å². The summed E-state index contributed by atoms with van der Waals surface area (Å²) in [5, 5.41) is 3.03. The maximum atomic E-state index is 12.7. The number of carbonyl (C=O) groups is 5. The molecule has 0 aromatic heterocycles. The van der Waals surface area contributed by atoms with Crippen molar-refractivity contribution in [2.45, 2.75) is 85.0 Å². The van der Waals surface area contributed by atoms with E-state index in [2.05, 4.69) is 5.32 Å². The minimum absolute atomic E-state index is 0.0295. The van der Waals surface area contributed by atoms with Crippen molar-refractivity contribution in [1.82, 2.24) is 5.32 Å². The quantitative estimate of drug-likeness (QED) is 0.239. The van der Waals surface area contributed by atoms with Gasteiger partial charge in [-0.25, -0.2) is 0 Å². The van der Waals surface area contributed by atoms with Crippen molar-refractivity contribution in [2.75, 3.05) is 13.7 Å². The molecule has 2 rings (SSSR count). The number of hydrogen-bond donors (Lipinski definition) is 1. The lowest BCUT2D eigenvalue weighted by Gasteiger charge is -2.45. The standard InChI is InChI=1S/C23H33NO10/c1-11(18-15(28)8-23(5,6)9-16(18)29)24-19-21(33-14(4)27)20(32-13(3)26)17(10-31-12(2)25)34-22(19)30-7/h17,19-22,24H,8-10H2,1-7H3/t17-,19+,20-,21-,22+/m1/s1. The Morgan fingerprint density at radius 3 is 1.94 bits per heavy atom. The van der Waals surface area contributed by atoms with Gasteiger partial charge in [-0.05, 0) is 12.3 Å². The smallest absolute Gasteiger partial charge is 0.303 e. The second kappa shape index (κ2) is 11.1. The van der Waals surface area contributed by atoms with E-state index in [1.807, 2.05) is 13.8 Å². The number of allylic oxidation sites excluding steroid dienone is 2. The minimum Gasteiger partial charge on any atom is -0.463 e. The zero-order valence-electron chi connectivity index (χ0n) is 20.6. The number of rotatable bonds is 7. The number of Topliss-reactive ketones (excluding diaryl/α,β-unsaturated/α-hetero) is 2. The molecule has 11 heteroatoms. The summed E-state index contributed by atoms with van der Waals surface area (Å²) in [5.41, 5.74) is -0.147. The molecule has 1 aliphatic carbocycles. The highest BCUT2D eigenvalue weighted by Gasteiger charge is 2.51. The molecule has 0 bridgehead atoms. The molecule has 0 unspecified atom stereocenters. The van der Waals surface area contributed by atoms with Crippen molar-refractivity contribution in [3.63, 3.8) is 0 Å². The van der Waals surface area contributed by atoms with Crippen molar-refractivity contribution >= 4 is 29.5 Å². The van der Waals surface area contributed by atoms with Crippen LogP contribution in [0, 0.1) is 5.41 Å². The fraction of sp³-hybridized carbons (Fsp3) is 0.696. The zero-order valence-corrected chi connectivity index (χ0v) is 20.6. The van der Waals surface area contributed by atoms with Crippen molar-refractivity contribution in [3.05, 3.63) is 11.3 Å². The van der Waals surface area contributed by atoms with E-state index in [9.17, 15) is 24.0 Å². The zero-order chi connectivity index (χ0) is 25.8. The van der Waals surface area contributed by atoms with Crippen LogP contribution in [0.3, 0.4) is 0 Å². The van der Waals surface area contributed by atoms with Gasteiger partial charge < -0.3 is 29.0 Å². The van der Waals surface area contributed by atoms with Crippen molar-refractivity contribution in [3.8, 4) is 0 Å². The Labute approximate surface area is 198 Å². The molecular weight excluding hydrogens is 450 g/mol. The van der Waals surface area contributed by atoms with Gasteiger partial charge in [0.25, 0.3) is 0 Å². The molecule has 1 saturated carbocycles. The fourth-order valence-corrected chi connectivity index (χ4v) is 4.26. The Morgan fingerprint density at radius 2 is 1.47 bits per heavy atom.